The van der Waals surface area contributed by atoms with Gasteiger partial charge in [-0.25, -0.2) is 4.39 Å². The van der Waals surface area contributed by atoms with Crippen LogP contribution in [0.2, 0.25) is 0 Å². The van der Waals surface area contributed by atoms with E-state index in [2.05, 4.69) is 15.6 Å². The first-order chi connectivity index (χ1) is 12.7. The average Bonchev–Trinajstić information content (AvgIpc) is 2.94. The molecule has 4 heteroatoms. The third kappa shape index (κ3) is 2.74. The number of halogens is 1. The molecule has 0 bridgehead atoms. The Hall–Kier alpha value is -3.45. The zero-order chi connectivity index (χ0) is 18.1. The van der Waals surface area contributed by atoms with Crippen molar-refractivity contribution in [3.63, 3.8) is 0 Å². The number of aromatic nitrogens is 2. The van der Waals surface area contributed by atoms with Gasteiger partial charge in [-0.15, -0.1) is 0 Å². The van der Waals surface area contributed by atoms with Gasteiger partial charge in [0, 0.05) is 29.9 Å². The second-order valence-corrected chi connectivity index (χ2v) is 6.28. The van der Waals surface area contributed by atoms with Crippen LogP contribution < -0.4 is 0 Å². The molecule has 0 atom stereocenters. The quantitative estimate of drug-likeness (QED) is 0.522. The number of hydrogen-bond donors (Lipinski definition) is 0. The molecule has 2 aromatic carbocycles. The third-order valence-electron chi connectivity index (χ3n) is 4.61. The van der Waals surface area contributed by atoms with E-state index in [4.69, 9.17) is 5.26 Å². The van der Waals surface area contributed by atoms with E-state index in [-0.39, 0.29) is 5.82 Å². The summed E-state index contributed by atoms with van der Waals surface area (Å²) in [5.41, 5.74) is 5.53. The predicted octanol–water partition coefficient (Wildman–Crippen LogP) is 5.07. The van der Waals surface area contributed by atoms with Crippen molar-refractivity contribution < 1.29 is 4.39 Å². The molecular formula is C22H16FN3. The van der Waals surface area contributed by atoms with Gasteiger partial charge in [-0.3, -0.25) is 4.98 Å². The normalized spacial score (nSPS) is 10.8. The third-order valence-corrected chi connectivity index (χ3v) is 4.61. The second-order valence-electron chi connectivity index (χ2n) is 6.28. The molecule has 0 aliphatic carbocycles. The Kier molecular flexibility index (Phi) is 3.98. The Balaban J connectivity index is 1.96. The molecular weight excluding hydrogens is 325 g/mol. The van der Waals surface area contributed by atoms with E-state index in [9.17, 15) is 4.39 Å². The van der Waals surface area contributed by atoms with Crippen molar-refractivity contribution >= 4 is 10.9 Å². The van der Waals surface area contributed by atoms with Gasteiger partial charge >= 0.3 is 0 Å². The van der Waals surface area contributed by atoms with E-state index >= 15 is 0 Å². The highest BCUT2D eigenvalue weighted by molar-refractivity contribution is 5.91. The Morgan fingerprint density at radius 3 is 2.77 bits per heavy atom. The van der Waals surface area contributed by atoms with Gasteiger partial charge in [-0.1, -0.05) is 12.1 Å². The van der Waals surface area contributed by atoms with Crippen LogP contribution in [-0.2, 0) is 6.54 Å². The molecule has 4 aromatic rings. The van der Waals surface area contributed by atoms with Crippen LogP contribution in [0.4, 0.5) is 4.39 Å². The summed E-state index contributed by atoms with van der Waals surface area (Å²) in [5, 5.41) is 10.2. The van der Waals surface area contributed by atoms with Gasteiger partial charge in [0.1, 0.15) is 5.82 Å². The molecule has 0 amide bonds. The van der Waals surface area contributed by atoms with E-state index in [1.165, 1.54) is 6.07 Å². The maximum atomic E-state index is 13.9. The van der Waals surface area contributed by atoms with Crippen molar-refractivity contribution in [3.8, 4) is 17.3 Å². The zero-order valence-electron chi connectivity index (χ0n) is 14.3. The van der Waals surface area contributed by atoms with E-state index in [1.54, 1.807) is 18.3 Å². The number of hydrogen-bond acceptors (Lipinski definition) is 2. The summed E-state index contributed by atoms with van der Waals surface area (Å²) >= 11 is 0. The monoisotopic (exact) mass is 341 g/mol. The minimum absolute atomic E-state index is 0.264. The number of nitriles is 1. The van der Waals surface area contributed by atoms with Crippen molar-refractivity contribution in [2.75, 3.05) is 0 Å². The molecule has 0 spiro atoms. The summed E-state index contributed by atoms with van der Waals surface area (Å²) in [7, 11) is 0. The summed E-state index contributed by atoms with van der Waals surface area (Å²) in [6.07, 6.45) is 3.56. The van der Waals surface area contributed by atoms with Crippen LogP contribution in [-0.4, -0.2) is 9.55 Å². The number of aryl methyl sites for hydroxylation is 1. The average molecular weight is 341 g/mol. The molecule has 126 valence electrons. The highest BCUT2D eigenvalue weighted by atomic mass is 19.1. The fourth-order valence-corrected chi connectivity index (χ4v) is 3.46. The lowest BCUT2D eigenvalue weighted by molar-refractivity contribution is 0.628. The van der Waals surface area contributed by atoms with E-state index in [1.807, 2.05) is 49.5 Å². The SMILES string of the molecule is Cc1c(-c2cccnc2)n(Cc2cccc(C#N)c2)c2cc(F)ccc12. The minimum Gasteiger partial charge on any atom is -0.336 e. The first-order valence-electron chi connectivity index (χ1n) is 8.35. The summed E-state index contributed by atoms with van der Waals surface area (Å²) in [6, 6.07) is 18.5. The van der Waals surface area contributed by atoms with Crippen molar-refractivity contribution in [1.82, 2.24) is 9.55 Å². The molecule has 0 aliphatic heterocycles. The molecule has 0 unspecified atom stereocenters. The van der Waals surface area contributed by atoms with Crippen LogP contribution in [0.25, 0.3) is 22.2 Å². The van der Waals surface area contributed by atoms with Gasteiger partial charge < -0.3 is 4.57 Å². The fourth-order valence-electron chi connectivity index (χ4n) is 3.46. The molecule has 0 saturated heterocycles. The lowest BCUT2D eigenvalue weighted by Crippen LogP contribution is -2.03. The van der Waals surface area contributed by atoms with E-state index in [0.29, 0.717) is 12.1 Å². The van der Waals surface area contributed by atoms with Crippen LogP contribution in [0.1, 0.15) is 16.7 Å². The molecule has 3 nitrogen and oxygen atoms in total. The van der Waals surface area contributed by atoms with Gasteiger partial charge in [0.15, 0.2) is 0 Å². The van der Waals surface area contributed by atoms with Crippen molar-refractivity contribution in [1.29, 1.82) is 5.26 Å². The maximum absolute atomic E-state index is 13.9. The number of nitrogens with zero attached hydrogens (tertiary/aromatic N) is 3. The Morgan fingerprint density at radius 1 is 1.12 bits per heavy atom. The lowest BCUT2D eigenvalue weighted by Gasteiger charge is -2.12. The van der Waals surface area contributed by atoms with Crippen LogP contribution in [0, 0.1) is 24.1 Å². The van der Waals surface area contributed by atoms with E-state index in [0.717, 1.165) is 33.3 Å². The van der Waals surface area contributed by atoms with Crippen LogP contribution in [0.3, 0.4) is 0 Å². The van der Waals surface area contributed by atoms with Crippen molar-refractivity contribution in [2.24, 2.45) is 0 Å². The number of fused-ring (bicyclic) bond motifs is 1. The number of benzene rings is 2. The molecule has 0 saturated carbocycles. The zero-order valence-corrected chi connectivity index (χ0v) is 14.3. The van der Waals surface area contributed by atoms with E-state index < -0.39 is 0 Å². The second kappa shape index (κ2) is 6.45. The Morgan fingerprint density at radius 2 is 2.00 bits per heavy atom. The number of pyridine rings is 1. The topological polar surface area (TPSA) is 41.6 Å². The fraction of sp³-hybridized carbons (Fsp3) is 0.0909. The van der Waals surface area contributed by atoms with Gasteiger partial charge in [0.25, 0.3) is 0 Å². The maximum Gasteiger partial charge on any atom is 0.125 e. The molecule has 0 radical (unpaired) electrons. The highest BCUT2D eigenvalue weighted by Crippen LogP contribution is 2.34. The van der Waals surface area contributed by atoms with Gasteiger partial charge in [-0.2, -0.15) is 5.26 Å². The smallest absolute Gasteiger partial charge is 0.125 e. The summed E-state index contributed by atoms with van der Waals surface area (Å²) in [4.78, 5) is 4.23. The predicted molar refractivity (Wildman–Crippen MR) is 100 cm³/mol. The first-order valence-corrected chi connectivity index (χ1v) is 8.35. The summed E-state index contributed by atoms with van der Waals surface area (Å²) < 4.78 is 16.0. The summed E-state index contributed by atoms with van der Waals surface area (Å²) in [6.45, 7) is 2.60. The van der Waals surface area contributed by atoms with Crippen LogP contribution in [0.15, 0.2) is 67.0 Å². The minimum atomic E-state index is -0.264. The van der Waals surface area contributed by atoms with Gasteiger partial charge in [0.2, 0.25) is 0 Å². The standard InChI is InChI=1S/C22H16FN3/c1-15-20-8-7-19(23)11-21(20)26(22(15)18-6-3-9-25-13-18)14-17-5-2-4-16(10-17)12-24/h2-11,13H,14H2,1H3. The van der Waals surface area contributed by atoms with Crippen LogP contribution in [0.5, 0.6) is 0 Å². The highest BCUT2D eigenvalue weighted by Gasteiger charge is 2.17. The molecule has 0 N–H and O–H groups in total. The molecule has 2 heterocycles. The molecule has 4 rings (SSSR count). The largest absolute Gasteiger partial charge is 0.336 e. The lowest BCUT2D eigenvalue weighted by atomic mass is 10.1. The molecule has 2 aromatic heterocycles. The van der Waals surface area contributed by atoms with Crippen molar-refractivity contribution in [2.45, 2.75) is 13.5 Å². The molecule has 0 fully saturated rings. The Labute approximate surface area is 151 Å². The molecule has 0 aliphatic rings. The van der Waals surface area contributed by atoms with Crippen molar-refractivity contribution in [3.05, 3.63) is 89.5 Å². The Bertz CT molecular complexity index is 1140. The summed E-state index contributed by atoms with van der Waals surface area (Å²) in [5.74, 6) is -0.264. The molecule has 26 heavy (non-hydrogen) atoms. The first kappa shape index (κ1) is 16.0. The number of rotatable bonds is 3. The van der Waals surface area contributed by atoms with Gasteiger partial charge in [0.05, 0.1) is 22.8 Å². The van der Waals surface area contributed by atoms with Crippen LogP contribution >= 0.6 is 0 Å². The van der Waals surface area contributed by atoms with Gasteiger partial charge in [-0.05, 0) is 60.5 Å².